The average Bonchev–Trinajstić information content (AvgIpc) is 2.61. The summed E-state index contributed by atoms with van der Waals surface area (Å²) in [6, 6.07) is 20.8. The van der Waals surface area contributed by atoms with Crippen molar-refractivity contribution in [3.05, 3.63) is 82.4 Å². The molecule has 0 bridgehead atoms. The average molecular weight is 331 g/mol. The van der Waals surface area contributed by atoms with Gasteiger partial charge in [-0.2, -0.15) is 0 Å². The molecule has 0 atom stereocenters. The van der Waals surface area contributed by atoms with Crippen molar-refractivity contribution in [3.63, 3.8) is 0 Å². The van der Waals surface area contributed by atoms with Gasteiger partial charge in [0, 0.05) is 5.56 Å². The first-order valence-corrected chi connectivity index (χ1v) is 7.70. The summed E-state index contributed by atoms with van der Waals surface area (Å²) < 4.78 is 0. The first kappa shape index (κ1) is 15.9. The van der Waals surface area contributed by atoms with Crippen molar-refractivity contribution in [1.29, 1.82) is 0 Å². The van der Waals surface area contributed by atoms with Gasteiger partial charge in [-0.25, -0.2) is 0 Å². The van der Waals surface area contributed by atoms with E-state index in [0.717, 1.165) is 16.7 Å². The van der Waals surface area contributed by atoms with Crippen molar-refractivity contribution in [2.45, 2.75) is 4.90 Å². The topological polar surface area (TPSA) is 43.1 Å². The zero-order valence-electron chi connectivity index (χ0n) is 12.6. The first-order chi connectivity index (χ1) is 11.6. The molecule has 0 N–H and O–H groups in total. The van der Waals surface area contributed by atoms with Crippen LogP contribution in [0, 0.1) is 22.5 Å². The Bertz CT molecular complexity index is 945. The Labute approximate surface area is 145 Å². The normalized spacial score (nSPS) is 10.2. The number of thiol groups is 1. The molecule has 3 nitrogen and oxygen atoms in total. The van der Waals surface area contributed by atoms with E-state index < -0.39 is 4.92 Å². The maximum Gasteiger partial charge on any atom is 0.298 e. The third kappa shape index (κ3) is 2.78. The predicted molar refractivity (Wildman–Crippen MR) is 99.2 cm³/mol. The van der Waals surface area contributed by atoms with E-state index in [9.17, 15) is 10.1 Å². The molecule has 0 saturated carbocycles. The second-order valence-electron chi connectivity index (χ2n) is 5.18. The SMILES string of the molecule is C#Cc1c(-c2ccccc2)c(-c2ccccc2)cc(S)c1[N+](=O)[O-]. The first-order valence-electron chi connectivity index (χ1n) is 7.25. The van der Waals surface area contributed by atoms with Crippen molar-refractivity contribution in [1.82, 2.24) is 0 Å². The molecule has 0 unspecified atom stereocenters. The van der Waals surface area contributed by atoms with Crippen molar-refractivity contribution in [3.8, 4) is 34.6 Å². The van der Waals surface area contributed by atoms with Crippen LogP contribution in [-0.4, -0.2) is 4.92 Å². The molecule has 0 spiro atoms. The van der Waals surface area contributed by atoms with Gasteiger partial charge in [0.15, 0.2) is 0 Å². The summed E-state index contributed by atoms with van der Waals surface area (Å²) in [7, 11) is 0. The quantitative estimate of drug-likeness (QED) is 0.310. The maximum absolute atomic E-state index is 11.5. The molecule has 0 fully saturated rings. The van der Waals surface area contributed by atoms with Gasteiger partial charge in [0.2, 0.25) is 0 Å². The highest BCUT2D eigenvalue weighted by Gasteiger charge is 2.25. The highest BCUT2D eigenvalue weighted by Crippen LogP contribution is 2.42. The largest absolute Gasteiger partial charge is 0.298 e. The van der Waals surface area contributed by atoms with Crippen molar-refractivity contribution >= 4 is 18.3 Å². The van der Waals surface area contributed by atoms with Gasteiger partial charge in [0.25, 0.3) is 5.69 Å². The minimum Gasteiger partial charge on any atom is -0.258 e. The smallest absolute Gasteiger partial charge is 0.258 e. The fourth-order valence-electron chi connectivity index (χ4n) is 2.73. The summed E-state index contributed by atoms with van der Waals surface area (Å²) >= 11 is 4.30. The number of nitro benzene ring substituents is 1. The van der Waals surface area contributed by atoms with Crippen LogP contribution in [0.15, 0.2) is 71.6 Å². The zero-order valence-corrected chi connectivity index (χ0v) is 13.5. The van der Waals surface area contributed by atoms with Crippen LogP contribution in [-0.2, 0) is 0 Å². The monoisotopic (exact) mass is 331 g/mol. The Morgan fingerprint density at radius 3 is 2.00 bits per heavy atom. The molecule has 0 radical (unpaired) electrons. The van der Waals surface area contributed by atoms with E-state index in [0.29, 0.717) is 5.56 Å². The fraction of sp³-hybridized carbons (Fsp3) is 0. The summed E-state index contributed by atoms with van der Waals surface area (Å²) in [5.74, 6) is 2.50. The van der Waals surface area contributed by atoms with Gasteiger partial charge >= 0.3 is 0 Å². The van der Waals surface area contributed by atoms with Crippen molar-refractivity contribution in [2.24, 2.45) is 0 Å². The number of nitrogens with zero attached hydrogens (tertiary/aromatic N) is 1. The summed E-state index contributed by atoms with van der Waals surface area (Å²) in [4.78, 5) is 11.3. The third-order valence-electron chi connectivity index (χ3n) is 3.75. The van der Waals surface area contributed by atoms with E-state index in [1.807, 2.05) is 60.7 Å². The van der Waals surface area contributed by atoms with E-state index >= 15 is 0 Å². The Balaban J connectivity index is 2.45. The van der Waals surface area contributed by atoms with Crippen LogP contribution >= 0.6 is 12.6 Å². The lowest BCUT2D eigenvalue weighted by Crippen LogP contribution is -1.99. The van der Waals surface area contributed by atoms with Gasteiger partial charge in [-0.05, 0) is 22.8 Å². The highest BCUT2D eigenvalue weighted by atomic mass is 32.1. The van der Waals surface area contributed by atoms with Gasteiger partial charge < -0.3 is 0 Å². The van der Waals surface area contributed by atoms with Crippen molar-refractivity contribution < 1.29 is 4.92 Å². The molecular formula is C20H13NO2S. The molecular weight excluding hydrogens is 318 g/mol. The number of terminal acetylenes is 1. The van der Waals surface area contributed by atoms with Crippen LogP contribution in [0.25, 0.3) is 22.3 Å². The van der Waals surface area contributed by atoms with E-state index in [2.05, 4.69) is 18.5 Å². The van der Waals surface area contributed by atoms with Gasteiger partial charge in [0.1, 0.15) is 5.56 Å². The van der Waals surface area contributed by atoms with E-state index in [1.165, 1.54) is 0 Å². The van der Waals surface area contributed by atoms with Gasteiger partial charge in [-0.3, -0.25) is 10.1 Å². The lowest BCUT2D eigenvalue weighted by molar-refractivity contribution is -0.387. The molecule has 0 aromatic heterocycles. The van der Waals surface area contributed by atoms with Crippen LogP contribution in [0.2, 0.25) is 0 Å². The Kier molecular flexibility index (Phi) is 4.37. The molecule has 116 valence electrons. The second kappa shape index (κ2) is 6.61. The van der Waals surface area contributed by atoms with Crippen molar-refractivity contribution in [2.75, 3.05) is 0 Å². The molecule has 3 aromatic carbocycles. The van der Waals surface area contributed by atoms with Crippen LogP contribution in [0.5, 0.6) is 0 Å². The molecule has 24 heavy (non-hydrogen) atoms. The molecule has 0 heterocycles. The number of hydrogen-bond acceptors (Lipinski definition) is 3. The second-order valence-corrected chi connectivity index (χ2v) is 5.66. The van der Waals surface area contributed by atoms with Crippen LogP contribution in [0.3, 0.4) is 0 Å². The van der Waals surface area contributed by atoms with E-state index in [1.54, 1.807) is 6.07 Å². The standard InChI is InChI=1S/C20H13NO2S/c1-2-16-19(15-11-7-4-8-12-15)17(14-9-5-3-6-10-14)13-18(24)20(16)21(22)23/h1,3-13,24H. The lowest BCUT2D eigenvalue weighted by atomic mass is 9.89. The number of benzene rings is 3. The van der Waals surface area contributed by atoms with Gasteiger partial charge in [0.05, 0.1) is 9.82 Å². The van der Waals surface area contributed by atoms with Crippen LogP contribution in [0.1, 0.15) is 5.56 Å². The fourth-order valence-corrected chi connectivity index (χ4v) is 3.06. The summed E-state index contributed by atoms with van der Waals surface area (Å²) in [5, 5.41) is 11.5. The minimum atomic E-state index is -0.473. The molecule has 0 amide bonds. The van der Waals surface area contributed by atoms with E-state index in [4.69, 9.17) is 6.42 Å². The summed E-state index contributed by atoms with van der Waals surface area (Å²) in [6.45, 7) is 0. The Morgan fingerprint density at radius 2 is 1.50 bits per heavy atom. The molecule has 4 heteroatoms. The molecule has 0 aliphatic rings. The zero-order chi connectivity index (χ0) is 17.1. The lowest BCUT2D eigenvalue weighted by Gasteiger charge is -2.14. The van der Waals surface area contributed by atoms with Crippen LogP contribution in [0.4, 0.5) is 5.69 Å². The number of nitro groups is 1. The Morgan fingerprint density at radius 1 is 0.958 bits per heavy atom. The highest BCUT2D eigenvalue weighted by molar-refractivity contribution is 7.80. The molecule has 0 aliphatic carbocycles. The molecule has 0 aliphatic heterocycles. The molecule has 0 saturated heterocycles. The summed E-state index contributed by atoms with van der Waals surface area (Å²) in [5.41, 5.74) is 3.37. The van der Waals surface area contributed by atoms with Crippen LogP contribution < -0.4 is 0 Å². The molecule has 3 rings (SSSR count). The predicted octanol–water partition coefficient (Wildman–Crippen LogP) is 5.20. The maximum atomic E-state index is 11.5. The number of hydrogen-bond donors (Lipinski definition) is 1. The number of rotatable bonds is 3. The third-order valence-corrected chi connectivity index (χ3v) is 4.09. The summed E-state index contributed by atoms with van der Waals surface area (Å²) in [6.07, 6.45) is 5.65. The minimum absolute atomic E-state index is 0.139. The van der Waals surface area contributed by atoms with Gasteiger partial charge in [-0.15, -0.1) is 19.1 Å². The van der Waals surface area contributed by atoms with Gasteiger partial charge in [-0.1, -0.05) is 66.6 Å². The molecule has 3 aromatic rings. The Hall–Kier alpha value is -3.03. The van der Waals surface area contributed by atoms with E-state index in [-0.39, 0.29) is 16.1 Å².